The molecule has 27 heavy (non-hydrogen) atoms. The molecule has 4 heteroatoms. The Bertz CT molecular complexity index is 1050. The molecule has 0 atom stereocenters. The van der Waals surface area contributed by atoms with Crippen molar-refractivity contribution >= 4 is 20.4 Å². The maximum Gasteiger partial charge on any atom is 0.208 e. The first-order chi connectivity index (χ1) is 12.9. The van der Waals surface area contributed by atoms with Crippen LogP contribution in [-0.4, -0.2) is 15.5 Å². The molecule has 3 aromatic carbocycles. The third-order valence-electron chi connectivity index (χ3n) is 4.49. The SMILES string of the molecule is Cc1ccc(S(=O)(=O)/C(=C/N(C)c2ccccc2C)c2ccccc2)cc1. The Morgan fingerprint density at radius 3 is 2.04 bits per heavy atom. The number of para-hydroxylation sites is 1. The van der Waals surface area contributed by atoms with Crippen LogP contribution in [0.25, 0.3) is 4.91 Å². The summed E-state index contributed by atoms with van der Waals surface area (Å²) in [4.78, 5) is 2.43. The van der Waals surface area contributed by atoms with Crippen molar-refractivity contribution < 1.29 is 8.42 Å². The Kier molecular flexibility index (Phi) is 5.47. The summed E-state index contributed by atoms with van der Waals surface area (Å²) in [6, 6.07) is 24.1. The number of sulfone groups is 1. The summed E-state index contributed by atoms with van der Waals surface area (Å²) in [5, 5.41) is 0. The van der Waals surface area contributed by atoms with Crippen LogP contribution in [0.3, 0.4) is 0 Å². The van der Waals surface area contributed by atoms with Crippen molar-refractivity contribution in [2.24, 2.45) is 0 Å². The molecule has 138 valence electrons. The van der Waals surface area contributed by atoms with Crippen molar-refractivity contribution in [2.45, 2.75) is 18.7 Å². The van der Waals surface area contributed by atoms with Gasteiger partial charge in [0.05, 0.1) is 9.80 Å². The molecule has 3 nitrogen and oxygen atoms in total. The van der Waals surface area contributed by atoms with Gasteiger partial charge in [-0.1, -0.05) is 66.2 Å². The molecule has 0 unspecified atom stereocenters. The monoisotopic (exact) mass is 377 g/mol. The van der Waals surface area contributed by atoms with Crippen molar-refractivity contribution in [2.75, 3.05) is 11.9 Å². The van der Waals surface area contributed by atoms with Gasteiger partial charge >= 0.3 is 0 Å². The second kappa shape index (κ2) is 7.80. The lowest BCUT2D eigenvalue weighted by atomic mass is 10.2. The van der Waals surface area contributed by atoms with Crippen LogP contribution in [-0.2, 0) is 9.84 Å². The summed E-state index contributed by atoms with van der Waals surface area (Å²) in [5.41, 5.74) is 3.73. The molecule has 0 aromatic heterocycles. The van der Waals surface area contributed by atoms with E-state index in [2.05, 4.69) is 0 Å². The van der Waals surface area contributed by atoms with Crippen LogP contribution < -0.4 is 4.90 Å². The predicted molar refractivity (Wildman–Crippen MR) is 112 cm³/mol. The minimum absolute atomic E-state index is 0.276. The molecule has 0 fully saturated rings. The van der Waals surface area contributed by atoms with Crippen LogP contribution >= 0.6 is 0 Å². The Morgan fingerprint density at radius 2 is 1.41 bits per heavy atom. The van der Waals surface area contributed by atoms with Crippen LogP contribution in [0, 0.1) is 13.8 Å². The van der Waals surface area contributed by atoms with Gasteiger partial charge in [0.1, 0.15) is 0 Å². The Balaban J connectivity index is 2.15. The highest BCUT2D eigenvalue weighted by Crippen LogP contribution is 2.30. The average Bonchev–Trinajstić information content (AvgIpc) is 2.67. The quantitative estimate of drug-likeness (QED) is 0.612. The lowest BCUT2D eigenvalue weighted by molar-refractivity contribution is 0.605. The summed E-state index contributed by atoms with van der Waals surface area (Å²) < 4.78 is 26.8. The zero-order valence-electron chi connectivity index (χ0n) is 15.8. The minimum Gasteiger partial charge on any atom is -0.349 e. The first-order valence-corrected chi connectivity index (χ1v) is 10.3. The molecule has 0 bridgehead atoms. The minimum atomic E-state index is -3.67. The Morgan fingerprint density at radius 1 is 0.815 bits per heavy atom. The van der Waals surface area contributed by atoms with E-state index in [1.807, 2.05) is 92.5 Å². The highest BCUT2D eigenvalue weighted by atomic mass is 32.2. The molecule has 3 aromatic rings. The molecule has 0 aliphatic heterocycles. The molecule has 0 radical (unpaired) electrons. The first kappa shape index (κ1) is 18.9. The Hall–Kier alpha value is -2.85. The first-order valence-electron chi connectivity index (χ1n) is 8.77. The molecule has 3 rings (SSSR count). The van der Waals surface area contributed by atoms with Crippen LogP contribution in [0.5, 0.6) is 0 Å². The molecule has 0 saturated heterocycles. The Labute approximate surface area is 161 Å². The standard InChI is InChI=1S/C23H23NO2S/c1-18-13-15-21(16-14-18)27(25,26)23(20-10-5-4-6-11-20)17-24(3)22-12-8-7-9-19(22)2/h4-17H,1-3H3/b23-17+. The maximum atomic E-state index is 13.4. The van der Waals surface area contributed by atoms with E-state index in [0.29, 0.717) is 10.5 Å². The highest BCUT2D eigenvalue weighted by Gasteiger charge is 2.23. The summed E-state index contributed by atoms with van der Waals surface area (Å²) in [7, 11) is -1.80. The van der Waals surface area contributed by atoms with Gasteiger partial charge in [0.15, 0.2) is 0 Å². The van der Waals surface area contributed by atoms with E-state index in [0.717, 1.165) is 16.8 Å². The summed E-state index contributed by atoms with van der Waals surface area (Å²) in [6.45, 7) is 3.95. The smallest absolute Gasteiger partial charge is 0.208 e. The summed E-state index contributed by atoms with van der Waals surface area (Å²) in [6.07, 6.45) is 1.70. The second-order valence-electron chi connectivity index (χ2n) is 6.57. The fourth-order valence-corrected chi connectivity index (χ4v) is 4.44. The van der Waals surface area contributed by atoms with E-state index in [4.69, 9.17) is 0 Å². The van der Waals surface area contributed by atoms with Gasteiger partial charge in [0.2, 0.25) is 9.84 Å². The van der Waals surface area contributed by atoms with Crippen molar-refractivity contribution in [3.63, 3.8) is 0 Å². The number of aryl methyl sites for hydroxylation is 2. The van der Waals surface area contributed by atoms with Gasteiger partial charge in [-0.3, -0.25) is 0 Å². The van der Waals surface area contributed by atoms with E-state index in [1.54, 1.807) is 18.3 Å². The lowest BCUT2D eigenvalue weighted by Crippen LogP contribution is -2.14. The van der Waals surface area contributed by atoms with Gasteiger partial charge in [0.25, 0.3) is 0 Å². The molecule has 0 spiro atoms. The maximum absolute atomic E-state index is 13.4. The van der Waals surface area contributed by atoms with Gasteiger partial charge < -0.3 is 4.90 Å². The molecule has 0 saturated carbocycles. The van der Waals surface area contributed by atoms with Gasteiger partial charge in [0, 0.05) is 18.9 Å². The van der Waals surface area contributed by atoms with Crippen LogP contribution in [0.4, 0.5) is 5.69 Å². The number of hydrogen-bond donors (Lipinski definition) is 0. The topological polar surface area (TPSA) is 37.4 Å². The lowest BCUT2D eigenvalue weighted by Gasteiger charge is -2.20. The normalized spacial score (nSPS) is 12.0. The molecule has 0 N–H and O–H groups in total. The predicted octanol–water partition coefficient (Wildman–Crippen LogP) is 5.21. The van der Waals surface area contributed by atoms with Crippen LogP contribution in [0.15, 0.2) is 90.0 Å². The van der Waals surface area contributed by atoms with E-state index in [9.17, 15) is 8.42 Å². The average molecular weight is 378 g/mol. The second-order valence-corrected chi connectivity index (χ2v) is 8.49. The van der Waals surface area contributed by atoms with Crippen LogP contribution in [0.2, 0.25) is 0 Å². The van der Waals surface area contributed by atoms with E-state index >= 15 is 0 Å². The van der Waals surface area contributed by atoms with Gasteiger partial charge in [-0.2, -0.15) is 0 Å². The summed E-state index contributed by atoms with van der Waals surface area (Å²) in [5.74, 6) is 0. The van der Waals surface area contributed by atoms with Crippen molar-refractivity contribution in [3.05, 3.63) is 102 Å². The van der Waals surface area contributed by atoms with Gasteiger partial charge in [-0.05, 0) is 43.2 Å². The van der Waals surface area contributed by atoms with E-state index in [1.165, 1.54) is 0 Å². The number of benzene rings is 3. The number of rotatable bonds is 5. The van der Waals surface area contributed by atoms with E-state index in [-0.39, 0.29) is 4.91 Å². The van der Waals surface area contributed by atoms with Crippen molar-refractivity contribution in [1.82, 2.24) is 0 Å². The van der Waals surface area contributed by atoms with Crippen LogP contribution in [0.1, 0.15) is 16.7 Å². The third kappa shape index (κ3) is 4.12. The third-order valence-corrected chi connectivity index (χ3v) is 6.30. The number of anilines is 1. The molecule has 0 aliphatic rings. The fraction of sp³-hybridized carbons (Fsp3) is 0.130. The summed E-state index contributed by atoms with van der Waals surface area (Å²) >= 11 is 0. The van der Waals surface area contributed by atoms with Gasteiger partial charge in [-0.25, -0.2) is 8.42 Å². The number of hydrogen-bond acceptors (Lipinski definition) is 3. The fourth-order valence-electron chi connectivity index (χ4n) is 2.95. The van der Waals surface area contributed by atoms with E-state index < -0.39 is 9.84 Å². The molecule has 0 aliphatic carbocycles. The molecular weight excluding hydrogens is 354 g/mol. The zero-order chi connectivity index (χ0) is 19.4. The van der Waals surface area contributed by atoms with Crippen molar-refractivity contribution in [3.8, 4) is 0 Å². The molecular formula is C23H23NO2S. The largest absolute Gasteiger partial charge is 0.349 e. The molecule has 0 heterocycles. The van der Waals surface area contributed by atoms with Crippen molar-refractivity contribution in [1.29, 1.82) is 0 Å². The number of nitrogens with zero attached hydrogens (tertiary/aromatic N) is 1. The zero-order valence-corrected chi connectivity index (χ0v) is 16.6. The molecule has 0 amide bonds. The highest BCUT2D eigenvalue weighted by molar-refractivity contribution is 8.00. The van der Waals surface area contributed by atoms with Gasteiger partial charge in [-0.15, -0.1) is 0 Å².